The van der Waals surface area contributed by atoms with Gasteiger partial charge in [-0.1, -0.05) is 19.1 Å². The predicted molar refractivity (Wildman–Crippen MR) is 96.2 cm³/mol. The SMILES string of the molecule is C=C[C@@]1(C)CC[C@H]2[C@](C)(C(=O)OC)[C@@H]3C=C4C=C(OC)OC(=O)[C@@H]1[C@@]42OC3=O. The Labute approximate surface area is 163 Å². The predicted octanol–water partition coefficient (Wildman–Crippen LogP) is 2.28. The number of methoxy groups -OCH3 is 2. The normalized spacial score (nSPS) is 43.5. The van der Waals surface area contributed by atoms with Crippen molar-refractivity contribution in [3.8, 4) is 0 Å². The molecule has 0 aromatic rings. The van der Waals surface area contributed by atoms with Gasteiger partial charge in [0, 0.05) is 23.0 Å². The molecule has 2 fully saturated rings. The number of cyclic esters (lactones) is 1. The van der Waals surface area contributed by atoms with Gasteiger partial charge >= 0.3 is 17.9 Å². The Morgan fingerprint density at radius 3 is 2.61 bits per heavy atom. The average molecular weight is 388 g/mol. The van der Waals surface area contributed by atoms with Gasteiger partial charge in [0.15, 0.2) is 5.60 Å². The zero-order valence-corrected chi connectivity index (χ0v) is 16.4. The molecule has 0 radical (unpaired) electrons. The summed E-state index contributed by atoms with van der Waals surface area (Å²) in [6, 6.07) is 0. The lowest BCUT2D eigenvalue weighted by Crippen LogP contribution is -2.72. The Hall–Kier alpha value is -2.57. The topological polar surface area (TPSA) is 88.1 Å². The monoisotopic (exact) mass is 388 g/mol. The highest BCUT2D eigenvalue weighted by molar-refractivity contribution is 5.92. The molecule has 1 spiro atoms. The highest BCUT2D eigenvalue weighted by atomic mass is 16.7. The molecule has 1 saturated heterocycles. The Bertz CT molecular complexity index is 855. The molecule has 0 unspecified atom stereocenters. The standard InChI is InChI=1S/C21H24O7/c1-6-19(2)8-7-13-20(3,18(24)26-5)12-9-11-10-14(25-4)27-17(23)15(19)21(11,13)28-16(12)22/h6,9-10,12-13,15H,1,7-8H2,2-5H3/t12-,13+,15+,19+,20-,21-/m1/s1. The lowest BCUT2D eigenvalue weighted by Gasteiger charge is -2.63. The number of hydrogen-bond donors (Lipinski definition) is 0. The minimum Gasteiger partial charge on any atom is -0.469 e. The number of esters is 3. The largest absolute Gasteiger partial charge is 0.469 e. The van der Waals surface area contributed by atoms with Crippen molar-refractivity contribution < 1.29 is 33.3 Å². The smallest absolute Gasteiger partial charge is 0.322 e. The Morgan fingerprint density at radius 2 is 2.00 bits per heavy atom. The molecule has 0 aromatic carbocycles. The van der Waals surface area contributed by atoms with Gasteiger partial charge in [-0.05, 0) is 19.8 Å². The fourth-order valence-corrected chi connectivity index (χ4v) is 5.78. The summed E-state index contributed by atoms with van der Waals surface area (Å²) in [7, 11) is 2.71. The molecule has 0 N–H and O–H groups in total. The number of hydrogen-bond acceptors (Lipinski definition) is 7. The molecule has 7 heteroatoms. The second-order valence-electron chi connectivity index (χ2n) is 8.41. The van der Waals surface area contributed by atoms with Crippen LogP contribution in [-0.4, -0.2) is 37.7 Å². The van der Waals surface area contributed by atoms with Crippen molar-refractivity contribution in [2.75, 3.05) is 14.2 Å². The maximum absolute atomic E-state index is 13.2. The molecule has 3 aliphatic heterocycles. The van der Waals surface area contributed by atoms with Crippen molar-refractivity contribution >= 4 is 17.9 Å². The maximum atomic E-state index is 13.2. The lowest BCUT2D eigenvalue weighted by atomic mass is 9.43. The molecule has 1 saturated carbocycles. The van der Waals surface area contributed by atoms with Gasteiger partial charge in [0.1, 0.15) is 5.92 Å². The second kappa shape index (κ2) is 5.72. The third-order valence-corrected chi connectivity index (χ3v) is 7.27. The van der Waals surface area contributed by atoms with Crippen molar-refractivity contribution in [2.24, 2.45) is 28.6 Å². The summed E-state index contributed by atoms with van der Waals surface area (Å²) in [6.45, 7) is 7.55. The average Bonchev–Trinajstić information content (AvgIpc) is 2.79. The van der Waals surface area contributed by atoms with Crippen LogP contribution in [0, 0.1) is 28.6 Å². The molecule has 2 aliphatic carbocycles. The molecule has 0 aromatic heterocycles. The first-order valence-electron chi connectivity index (χ1n) is 9.33. The first-order chi connectivity index (χ1) is 13.2. The number of allylic oxidation sites excluding steroid dienone is 1. The van der Waals surface area contributed by atoms with Crippen molar-refractivity contribution in [2.45, 2.75) is 32.3 Å². The molecular formula is C21H24O7. The van der Waals surface area contributed by atoms with E-state index in [1.165, 1.54) is 14.2 Å². The molecule has 6 atom stereocenters. The first-order valence-corrected chi connectivity index (χ1v) is 9.33. The van der Waals surface area contributed by atoms with Crippen LogP contribution in [0.2, 0.25) is 0 Å². The molecular weight excluding hydrogens is 364 g/mol. The van der Waals surface area contributed by atoms with Crippen molar-refractivity contribution in [1.29, 1.82) is 0 Å². The van der Waals surface area contributed by atoms with Gasteiger partial charge in [0.2, 0.25) is 0 Å². The zero-order valence-electron chi connectivity index (χ0n) is 16.4. The Balaban J connectivity index is 2.05. The molecule has 150 valence electrons. The van der Waals surface area contributed by atoms with Crippen molar-refractivity contribution in [3.63, 3.8) is 0 Å². The van der Waals surface area contributed by atoms with Gasteiger partial charge in [0.05, 0.1) is 25.6 Å². The summed E-state index contributed by atoms with van der Waals surface area (Å²) >= 11 is 0. The number of carbonyl (C=O) groups excluding carboxylic acids is 3. The van der Waals surface area contributed by atoms with Crippen molar-refractivity contribution in [1.82, 2.24) is 0 Å². The minimum absolute atomic E-state index is 0.0357. The fraction of sp³-hybridized carbons (Fsp3) is 0.571. The van der Waals surface area contributed by atoms with E-state index in [0.717, 1.165) is 0 Å². The number of fused-ring (bicyclic) bond motifs is 1. The summed E-state index contributed by atoms with van der Waals surface area (Å²) in [5.74, 6) is -3.65. The first kappa shape index (κ1) is 18.8. The highest BCUT2D eigenvalue weighted by Gasteiger charge is 2.76. The fourth-order valence-electron chi connectivity index (χ4n) is 5.78. The molecule has 2 bridgehead atoms. The van der Waals surface area contributed by atoms with E-state index in [-0.39, 0.29) is 5.95 Å². The summed E-state index contributed by atoms with van der Waals surface area (Å²) in [4.78, 5) is 39.1. The second-order valence-corrected chi connectivity index (χ2v) is 8.41. The zero-order chi connectivity index (χ0) is 20.5. The summed E-state index contributed by atoms with van der Waals surface area (Å²) in [6.07, 6.45) is 6.17. The summed E-state index contributed by atoms with van der Waals surface area (Å²) in [5.41, 5.74) is -2.54. The van der Waals surface area contributed by atoms with Gasteiger partial charge in [-0.2, -0.15) is 0 Å². The van der Waals surface area contributed by atoms with E-state index in [1.807, 2.05) is 6.92 Å². The number of ether oxygens (including phenoxy) is 4. The summed E-state index contributed by atoms with van der Waals surface area (Å²) in [5, 5.41) is 0. The molecule has 28 heavy (non-hydrogen) atoms. The van der Waals surface area contributed by atoms with Crippen LogP contribution in [0.3, 0.4) is 0 Å². The maximum Gasteiger partial charge on any atom is 0.322 e. The quantitative estimate of drug-likeness (QED) is 0.416. The van der Waals surface area contributed by atoms with Crippen LogP contribution in [0.5, 0.6) is 0 Å². The molecule has 5 rings (SSSR count). The number of carbonyl (C=O) groups is 3. The van der Waals surface area contributed by atoms with Gasteiger partial charge in [-0.15, -0.1) is 6.58 Å². The molecule has 0 amide bonds. The van der Waals surface area contributed by atoms with Crippen LogP contribution in [0.25, 0.3) is 0 Å². The lowest BCUT2D eigenvalue weighted by molar-refractivity contribution is -0.239. The molecule has 3 heterocycles. The Kier molecular flexibility index (Phi) is 3.83. The molecule has 5 aliphatic rings. The van der Waals surface area contributed by atoms with E-state index >= 15 is 0 Å². The van der Waals surface area contributed by atoms with Crippen LogP contribution in [0.15, 0.2) is 36.3 Å². The van der Waals surface area contributed by atoms with Gasteiger partial charge in [0.25, 0.3) is 5.95 Å². The van der Waals surface area contributed by atoms with E-state index in [9.17, 15) is 14.4 Å². The van der Waals surface area contributed by atoms with E-state index in [1.54, 1.807) is 25.2 Å². The van der Waals surface area contributed by atoms with E-state index in [0.29, 0.717) is 18.4 Å². The van der Waals surface area contributed by atoms with Crippen molar-refractivity contribution in [3.05, 3.63) is 36.3 Å². The molecule has 7 nitrogen and oxygen atoms in total. The van der Waals surface area contributed by atoms with Gasteiger partial charge in [-0.3, -0.25) is 14.4 Å². The third-order valence-electron chi connectivity index (χ3n) is 7.27. The van der Waals surface area contributed by atoms with Crippen LogP contribution >= 0.6 is 0 Å². The van der Waals surface area contributed by atoms with Gasteiger partial charge in [-0.25, -0.2) is 0 Å². The van der Waals surface area contributed by atoms with E-state index in [4.69, 9.17) is 18.9 Å². The number of rotatable bonds is 3. The van der Waals surface area contributed by atoms with Gasteiger partial charge < -0.3 is 18.9 Å². The van der Waals surface area contributed by atoms with Crippen LogP contribution in [0.4, 0.5) is 0 Å². The highest BCUT2D eigenvalue weighted by Crippen LogP contribution is 2.67. The minimum atomic E-state index is -1.34. The van der Waals surface area contributed by atoms with E-state index < -0.39 is 52.1 Å². The van der Waals surface area contributed by atoms with Crippen LogP contribution < -0.4 is 0 Å². The summed E-state index contributed by atoms with van der Waals surface area (Å²) < 4.78 is 21.8. The van der Waals surface area contributed by atoms with Crippen LogP contribution in [-0.2, 0) is 33.3 Å². The third kappa shape index (κ3) is 1.97. The van der Waals surface area contributed by atoms with E-state index in [2.05, 4.69) is 6.58 Å². The Morgan fingerprint density at radius 1 is 1.29 bits per heavy atom. The van der Waals surface area contributed by atoms with Crippen LogP contribution in [0.1, 0.15) is 26.7 Å².